The third-order valence-electron chi connectivity index (χ3n) is 8.70. The molecular weight excluding hydrogens is 466 g/mol. The van der Waals surface area contributed by atoms with Crippen LogP contribution < -0.4 is 0 Å². The molecular formula is C33H63N5. The number of rotatable bonds is 3. The molecule has 2 fully saturated rings. The van der Waals surface area contributed by atoms with Crippen LogP contribution in [0.25, 0.3) is 0 Å². The maximum absolute atomic E-state index is 2.76. The fourth-order valence-corrected chi connectivity index (χ4v) is 6.25. The van der Waals surface area contributed by atoms with Gasteiger partial charge in [-0.25, -0.2) is 0 Å². The summed E-state index contributed by atoms with van der Waals surface area (Å²) in [4.78, 5) is 12.7. The second-order valence-corrected chi connectivity index (χ2v) is 14.1. The highest BCUT2D eigenvalue weighted by Gasteiger charge is 2.28. The lowest BCUT2D eigenvalue weighted by Crippen LogP contribution is -2.46. The third-order valence-corrected chi connectivity index (χ3v) is 8.70. The molecule has 1 aromatic carbocycles. The Morgan fingerprint density at radius 3 is 1.89 bits per heavy atom. The van der Waals surface area contributed by atoms with E-state index in [2.05, 4.69) is 105 Å². The summed E-state index contributed by atoms with van der Waals surface area (Å²) in [6, 6.07) is 7.91. The minimum Gasteiger partial charge on any atom is -0.306 e. The monoisotopic (exact) mass is 530 g/mol. The zero-order valence-corrected chi connectivity index (χ0v) is 25.9. The van der Waals surface area contributed by atoms with E-state index in [4.69, 9.17) is 0 Å². The molecule has 0 amide bonds. The van der Waals surface area contributed by atoms with E-state index in [1.54, 1.807) is 11.1 Å². The van der Waals surface area contributed by atoms with Crippen molar-refractivity contribution >= 4 is 0 Å². The predicted molar refractivity (Wildman–Crippen MR) is 167 cm³/mol. The van der Waals surface area contributed by atoms with Crippen molar-refractivity contribution in [2.75, 3.05) is 73.5 Å². The Hall–Kier alpha value is -0.980. The van der Waals surface area contributed by atoms with Crippen LogP contribution in [0.2, 0.25) is 0 Å². The van der Waals surface area contributed by atoms with Crippen molar-refractivity contribution in [1.82, 2.24) is 24.5 Å². The van der Waals surface area contributed by atoms with E-state index >= 15 is 0 Å². The van der Waals surface area contributed by atoms with Gasteiger partial charge in [0.05, 0.1) is 0 Å². The van der Waals surface area contributed by atoms with Crippen molar-refractivity contribution in [1.29, 1.82) is 0 Å². The summed E-state index contributed by atoms with van der Waals surface area (Å²) in [5.41, 5.74) is 5.17. The molecule has 3 aliphatic rings. The minimum atomic E-state index is 0. The van der Waals surface area contributed by atoms with Crippen LogP contribution in [-0.2, 0) is 19.4 Å². The summed E-state index contributed by atoms with van der Waals surface area (Å²) < 4.78 is 0. The van der Waals surface area contributed by atoms with Crippen LogP contribution >= 0.6 is 0 Å². The van der Waals surface area contributed by atoms with Crippen LogP contribution in [-0.4, -0.2) is 115 Å². The molecule has 38 heavy (non-hydrogen) atoms. The maximum Gasteiger partial charge on any atom is 0.0227 e. The predicted octanol–water partition coefficient (Wildman–Crippen LogP) is 5.47. The van der Waals surface area contributed by atoms with E-state index in [0.717, 1.165) is 12.6 Å². The van der Waals surface area contributed by atoms with Gasteiger partial charge in [0.2, 0.25) is 0 Å². The lowest BCUT2D eigenvalue weighted by molar-refractivity contribution is 0.110. The second-order valence-electron chi connectivity index (χ2n) is 14.1. The lowest BCUT2D eigenvalue weighted by Gasteiger charge is -2.37. The summed E-state index contributed by atoms with van der Waals surface area (Å²) >= 11 is 0. The fraction of sp³-hybridized carbons (Fsp3) is 0.818. The highest BCUT2D eigenvalue weighted by molar-refractivity contribution is 5.33. The Morgan fingerprint density at radius 2 is 1.32 bits per heavy atom. The van der Waals surface area contributed by atoms with E-state index in [1.807, 2.05) is 0 Å². The maximum atomic E-state index is 2.76. The first kappa shape index (κ1) is 33.2. The standard InChI is InChI=1S/C17H28N2.C15H31N3.CH4/c1-17(2,3)19-10-8-15-7-6-14(13-18(4)5)12-16(15)9-11-19;1-15(2,3)18-9-5-8-17(12-13-18)14-6-10-16(4)11-7-14;/h6-7,12H,8-11,13H2,1-5H3;14H,5-13H2,1-4H3;1H4. The summed E-state index contributed by atoms with van der Waals surface area (Å²) in [6.07, 6.45) is 6.45. The van der Waals surface area contributed by atoms with E-state index in [9.17, 15) is 0 Å². The van der Waals surface area contributed by atoms with E-state index < -0.39 is 0 Å². The van der Waals surface area contributed by atoms with Gasteiger partial charge in [0.15, 0.2) is 0 Å². The first-order valence-electron chi connectivity index (χ1n) is 15.0. The van der Waals surface area contributed by atoms with Gasteiger partial charge in [-0.05, 0) is 138 Å². The van der Waals surface area contributed by atoms with Gasteiger partial charge in [-0.1, -0.05) is 25.6 Å². The summed E-state index contributed by atoms with van der Waals surface area (Å²) in [6.45, 7) is 25.1. The summed E-state index contributed by atoms with van der Waals surface area (Å²) in [5.74, 6) is 0. The highest BCUT2D eigenvalue weighted by atomic mass is 15.3. The molecule has 0 aromatic heterocycles. The molecule has 0 unspecified atom stereocenters. The SMILES string of the molecule is C.CN(C)Cc1ccc2c(c1)CCN(C(C)(C)C)CC2.CN1CCC(N2CCCN(C(C)(C)C)CC2)CC1. The van der Waals surface area contributed by atoms with Gasteiger partial charge in [0, 0.05) is 49.8 Å². The molecule has 4 rings (SSSR count). The number of nitrogens with zero attached hydrogens (tertiary/aromatic N) is 5. The number of hydrogen-bond donors (Lipinski definition) is 0. The molecule has 0 saturated carbocycles. The molecule has 0 spiro atoms. The second kappa shape index (κ2) is 14.6. The van der Waals surface area contributed by atoms with Crippen molar-refractivity contribution in [3.8, 4) is 0 Å². The zero-order valence-electron chi connectivity index (χ0n) is 25.9. The van der Waals surface area contributed by atoms with Gasteiger partial charge >= 0.3 is 0 Å². The Kier molecular flexibility index (Phi) is 12.8. The van der Waals surface area contributed by atoms with Gasteiger partial charge in [-0.15, -0.1) is 0 Å². The van der Waals surface area contributed by atoms with E-state index in [1.165, 1.54) is 90.0 Å². The lowest BCUT2D eigenvalue weighted by atomic mass is 10.00. The fourth-order valence-electron chi connectivity index (χ4n) is 6.25. The smallest absolute Gasteiger partial charge is 0.0227 e. The van der Waals surface area contributed by atoms with Crippen LogP contribution in [0.3, 0.4) is 0 Å². The van der Waals surface area contributed by atoms with Crippen LogP contribution in [0.1, 0.15) is 84.9 Å². The number of hydrogen-bond acceptors (Lipinski definition) is 5. The van der Waals surface area contributed by atoms with Crippen LogP contribution in [0, 0.1) is 0 Å². The Bertz CT molecular complexity index is 814. The number of piperidine rings is 1. The number of benzene rings is 1. The van der Waals surface area contributed by atoms with Gasteiger partial charge in [-0.2, -0.15) is 0 Å². The molecule has 0 N–H and O–H groups in total. The van der Waals surface area contributed by atoms with Gasteiger partial charge < -0.3 is 9.80 Å². The quantitative estimate of drug-likeness (QED) is 0.515. The third kappa shape index (κ3) is 10.2. The summed E-state index contributed by atoms with van der Waals surface area (Å²) in [7, 11) is 6.51. The molecule has 0 atom stereocenters. The molecule has 1 aromatic rings. The topological polar surface area (TPSA) is 16.2 Å². The largest absolute Gasteiger partial charge is 0.306 e. The first-order chi connectivity index (χ1) is 17.3. The Morgan fingerprint density at radius 1 is 0.737 bits per heavy atom. The molecule has 2 saturated heterocycles. The molecule has 5 nitrogen and oxygen atoms in total. The number of fused-ring (bicyclic) bond motifs is 1. The van der Waals surface area contributed by atoms with Gasteiger partial charge in [0.25, 0.3) is 0 Å². The molecule has 3 heterocycles. The minimum absolute atomic E-state index is 0. The van der Waals surface area contributed by atoms with Crippen LogP contribution in [0.4, 0.5) is 0 Å². The van der Waals surface area contributed by atoms with Crippen molar-refractivity contribution in [2.24, 2.45) is 0 Å². The van der Waals surface area contributed by atoms with Crippen molar-refractivity contribution < 1.29 is 0 Å². The average Bonchev–Trinajstić information content (AvgIpc) is 3.18. The van der Waals surface area contributed by atoms with Gasteiger partial charge in [0.1, 0.15) is 0 Å². The highest BCUT2D eigenvalue weighted by Crippen LogP contribution is 2.23. The van der Waals surface area contributed by atoms with Crippen LogP contribution in [0.15, 0.2) is 18.2 Å². The Balaban J connectivity index is 0.000000260. The van der Waals surface area contributed by atoms with Crippen molar-refractivity contribution in [2.45, 2.75) is 105 Å². The van der Waals surface area contributed by atoms with Gasteiger partial charge in [-0.3, -0.25) is 14.7 Å². The molecule has 220 valence electrons. The first-order valence-corrected chi connectivity index (χ1v) is 15.0. The Labute approximate surface area is 237 Å². The molecule has 3 aliphatic heterocycles. The van der Waals surface area contributed by atoms with E-state index in [-0.39, 0.29) is 13.0 Å². The number of likely N-dealkylation sites (tertiary alicyclic amines) is 1. The van der Waals surface area contributed by atoms with Crippen molar-refractivity contribution in [3.63, 3.8) is 0 Å². The van der Waals surface area contributed by atoms with E-state index in [0.29, 0.717) is 5.54 Å². The average molecular weight is 530 g/mol. The molecule has 0 radical (unpaired) electrons. The molecule has 0 aliphatic carbocycles. The molecule has 5 heteroatoms. The summed E-state index contributed by atoms with van der Waals surface area (Å²) in [5, 5.41) is 0. The van der Waals surface area contributed by atoms with Crippen molar-refractivity contribution in [3.05, 3.63) is 34.9 Å². The molecule has 0 bridgehead atoms. The van der Waals surface area contributed by atoms with Crippen LogP contribution in [0.5, 0.6) is 0 Å². The zero-order chi connectivity index (χ0) is 27.2. The normalized spacial score (nSPS) is 21.6.